The zero-order valence-electron chi connectivity index (χ0n) is 13.8. The van der Waals surface area contributed by atoms with Gasteiger partial charge in [0.2, 0.25) is 0 Å². The fourth-order valence-electron chi connectivity index (χ4n) is 4.12. The van der Waals surface area contributed by atoms with Crippen molar-refractivity contribution in [3.63, 3.8) is 0 Å². The first kappa shape index (κ1) is 15.6. The summed E-state index contributed by atoms with van der Waals surface area (Å²) in [5, 5.41) is 1.32. The van der Waals surface area contributed by atoms with Crippen LogP contribution in [0.2, 0.25) is 0 Å². The van der Waals surface area contributed by atoms with Crippen LogP contribution in [0.15, 0.2) is 53.0 Å². The first-order chi connectivity index (χ1) is 11.7. The normalized spacial score (nSPS) is 17.0. The van der Waals surface area contributed by atoms with E-state index in [4.69, 9.17) is 0 Å². The Morgan fingerprint density at radius 2 is 1.92 bits per heavy atom. The molecule has 0 saturated heterocycles. The topological polar surface area (TPSA) is 22.0 Å². The Bertz CT molecular complexity index is 925. The van der Waals surface area contributed by atoms with Crippen LogP contribution in [0.5, 0.6) is 0 Å². The van der Waals surface area contributed by atoms with Gasteiger partial charge in [0.15, 0.2) is 5.78 Å². The SMILES string of the molecule is Cn1c2c(c3ccccc31)C(CC(=O)c1ccccc1Br)CCC2. The number of rotatable bonds is 3. The van der Waals surface area contributed by atoms with Crippen molar-refractivity contribution in [2.75, 3.05) is 0 Å². The van der Waals surface area contributed by atoms with Crippen molar-refractivity contribution in [3.05, 3.63) is 69.8 Å². The maximum absolute atomic E-state index is 12.8. The summed E-state index contributed by atoms with van der Waals surface area (Å²) in [4.78, 5) is 12.8. The van der Waals surface area contributed by atoms with Crippen LogP contribution in [-0.2, 0) is 13.5 Å². The van der Waals surface area contributed by atoms with E-state index in [-0.39, 0.29) is 5.78 Å². The molecule has 0 amide bonds. The maximum atomic E-state index is 12.8. The number of ketones is 1. The zero-order chi connectivity index (χ0) is 16.7. The Hall–Kier alpha value is -1.87. The maximum Gasteiger partial charge on any atom is 0.164 e. The average Bonchev–Trinajstić information content (AvgIpc) is 2.89. The number of para-hydroxylation sites is 1. The third-order valence-corrected chi connectivity index (χ3v) is 5.94. The molecule has 1 unspecified atom stereocenters. The molecule has 0 spiro atoms. The van der Waals surface area contributed by atoms with Crippen LogP contribution in [0.4, 0.5) is 0 Å². The molecule has 0 radical (unpaired) electrons. The summed E-state index contributed by atoms with van der Waals surface area (Å²) in [5.74, 6) is 0.549. The van der Waals surface area contributed by atoms with Gasteiger partial charge in [-0.05, 0) is 42.9 Å². The number of aromatic nitrogens is 1. The molecule has 1 aliphatic rings. The highest BCUT2D eigenvalue weighted by molar-refractivity contribution is 9.10. The zero-order valence-corrected chi connectivity index (χ0v) is 15.3. The van der Waals surface area contributed by atoms with Crippen molar-refractivity contribution in [1.82, 2.24) is 4.57 Å². The number of hydrogen-bond acceptors (Lipinski definition) is 1. The van der Waals surface area contributed by atoms with Gasteiger partial charge in [-0.2, -0.15) is 0 Å². The van der Waals surface area contributed by atoms with E-state index < -0.39 is 0 Å². The van der Waals surface area contributed by atoms with Gasteiger partial charge in [-0.15, -0.1) is 0 Å². The molecule has 2 aromatic carbocycles. The Balaban J connectivity index is 1.74. The molecule has 1 heterocycles. The molecule has 24 heavy (non-hydrogen) atoms. The number of halogens is 1. The van der Waals surface area contributed by atoms with Gasteiger partial charge in [0.05, 0.1) is 0 Å². The highest BCUT2D eigenvalue weighted by atomic mass is 79.9. The van der Waals surface area contributed by atoms with E-state index in [0.29, 0.717) is 12.3 Å². The summed E-state index contributed by atoms with van der Waals surface area (Å²) in [6.45, 7) is 0. The number of benzene rings is 2. The molecule has 2 nitrogen and oxygen atoms in total. The molecule has 0 fully saturated rings. The fourth-order valence-corrected chi connectivity index (χ4v) is 4.62. The van der Waals surface area contributed by atoms with Gasteiger partial charge in [0.25, 0.3) is 0 Å². The number of carbonyl (C=O) groups is 1. The minimum absolute atomic E-state index is 0.230. The van der Waals surface area contributed by atoms with Crippen LogP contribution >= 0.6 is 15.9 Å². The Morgan fingerprint density at radius 1 is 1.17 bits per heavy atom. The van der Waals surface area contributed by atoms with Gasteiger partial charge in [-0.1, -0.05) is 52.3 Å². The molecule has 0 bridgehead atoms. The Morgan fingerprint density at radius 3 is 2.75 bits per heavy atom. The van der Waals surface area contributed by atoms with Crippen molar-refractivity contribution in [1.29, 1.82) is 0 Å². The summed E-state index contributed by atoms with van der Waals surface area (Å²) in [6, 6.07) is 16.3. The van der Waals surface area contributed by atoms with Gasteiger partial charge in [0, 0.05) is 40.1 Å². The van der Waals surface area contributed by atoms with Crippen molar-refractivity contribution < 1.29 is 4.79 Å². The first-order valence-electron chi connectivity index (χ1n) is 8.50. The van der Waals surface area contributed by atoms with E-state index >= 15 is 0 Å². The second-order valence-electron chi connectivity index (χ2n) is 6.63. The molecule has 0 aliphatic heterocycles. The van der Waals surface area contributed by atoms with Gasteiger partial charge in [-0.25, -0.2) is 0 Å². The lowest BCUT2D eigenvalue weighted by molar-refractivity contribution is 0.0970. The molecule has 1 atom stereocenters. The lowest BCUT2D eigenvalue weighted by Gasteiger charge is -2.23. The molecule has 0 N–H and O–H groups in total. The quantitative estimate of drug-likeness (QED) is 0.538. The Kier molecular flexibility index (Phi) is 4.05. The van der Waals surface area contributed by atoms with Crippen LogP contribution < -0.4 is 0 Å². The summed E-state index contributed by atoms with van der Waals surface area (Å²) >= 11 is 3.51. The van der Waals surface area contributed by atoms with Crippen molar-refractivity contribution in [3.8, 4) is 0 Å². The predicted octanol–water partition coefficient (Wildman–Crippen LogP) is 5.63. The van der Waals surface area contributed by atoms with Crippen LogP contribution in [-0.4, -0.2) is 10.4 Å². The molecule has 4 rings (SSSR count). The van der Waals surface area contributed by atoms with E-state index in [0.717, 1.165) is 29.3 Å². The van der Waals surface area contributed by atoms with E-state index in [2.05, 4.69) is 51.8 Å². The number of Topliss-reactive ketones (excluding diaryl/α,β-unsaturated/α-hetero) is 1. The first-order valence-corrected chi connectivity index (χ1v) is 9.30. The number of fused-ring (bicyclic) bond motifs is 3. The van der Waals surface area contributed by atoms with Crippen molar-refractivity contribution in [2.45, 2.75) is 31.6 Å². The number of hydrogen-bond donors (Lipinski definition) is 0. The lowest BCUT2D eigenvalue weighted by Crippen LogP contribution is -2.15. The standard InChI is InChI=1S/C21H20BrNO/c1-23-18-11-5-3-9-16(18)21-14(7-6-12-19(21)23)13-20(24)15-8-2-4-10-17(15)22/h2-5,8-11,14H,6-7,12-13H2,1H3. The second-order valence-corrected chi connectivity index (χ2v) is 7.49. The third kappa shape index (κ3) is 2.51. The average molecular weight is 382 g/mol. The number of nitrogens with zero attached hydrogens (tertiary/aromatic N) is 1. The smallest absolute Gasteiger partial charge is 0.164 e. The molecule has 122 valence electrons. The summed E-state index contributed by atoms with van der Waals surface area (Å²) in [7, 11) is 2.15. The van der Waals surface area contributed by atoms with E-state index in [1.165, 1.54) is 22.2 Å². The van der Waals surface area contributed by atoms with Crippen molar-refractivity contribution >= 4 is 32.6 Å². The van der Waals surface area contributed by atoms with Gasteiger partial charge < -0.3 is 4.57 Å². The van der Waals surface area contributed by atoms with Gasteiger partial charge >= 0.3 is 0 Å². The minimum atomic E-state index is 0.230. The Labute approximate surface area is 150 Å². The van der Waals surface area contributed by atoms with E-state index in [9.17, 15) is 4.79 Å². The number of aryl methyl sites for hydroxylation is 1. The highest BCUT2D eigenvalue weighted by Crippen LogP contribution is 2.41. The van der Waals surface area contributed by atoms with E-state index in [1.54, 1.807) is 0 Å². The predicted molar refractivity (Wildman–Crippen MR) is 102 cm³/mol. The highest BCUT2D eigenvalue weighted by Gasteiger charge is 2.28. The molecule has 3 aromatic rings. The van der Waals surface area contributed by atoms with E-state index in [1.807, 2.05) is 24.3 Å². The van der Waals surface area contributed by atoms with Gasteiger partial charge in [0.1, 0.15) is 0 Å². The molecular formula is C21H20BrNO. The van der Waals surface area contributed by atoms with Crippen LogP contribution in [0.1, 0.15) is 46.8 Å². The monoisotopic (exact) mass is 381 g/mol. The van der Waals surface area contributed by atoms with Crippen LogP contribution in [0, 0.1) is 0 Å². The summed E-state index contributed by atoms with van der Waals surface area (Å²) < 4.78 is 3.21. The largest absolute Gasteiger partial charge is 0.347 e. The van der Waals surface area contributed by atoms with Gasteiger partial charge in [-0.3, -0.25) is 4.79 Å². The summed E-state index contributed by atoms with van der Waals surface area (Å²) in [6.07, 6.45) is 3.95. The lowest BCUT2D eigenvalue weighted by atomic mass is 9.81. The molecule has 1 aliphatic carbocycles. The van der Waals surface area contributed by atoms with Crippen molar-refractivity contribution in [2.24, 2.45) is 7.05 Å². The molecule has 0 saturated carbocycles. The van der Waals surface area contributed by atoms with Crippen LogP contribution in [0.25, 0.3) is 10.9 Å². The second kappa shape index (κ2) is 6.21. The van der Waals surface area contributed by atoms with Crippen LogP contribution in [0.3, 0.4) is 0 Å². The molecule has 1 aromatic heterocycles. The molecule has 3 heteroatoms. The molecular weight excluding hydrogens is 362 g/mol. The summed E-state index contributed by atoms with van der Waals surface area (Å²) in [5.41, 5.74) is 4.89. The fraction of sp³-hybridized carbons (Fsp3) is 0.286. The third-order valence-electron chi connectivity index (χ3n) is 5.25. The minimum Gasteiger partial charge on any atom is -0.347 e. The number of carbonyl (C=O) groups excluding carboxylic acids is 1.